The van der Waals surface area contributed by atoms with Gasteiger partial charge in [0.15, 0.2) is 17.6 Å². The van der Waals surface area contributed by atoms with Gasteiger partial charge in [-0.05, 0) is 18.2 Å². The van der Waals surface area contributed by atoms with Crippen molar-refractivity contribution in [1.29, 1.82) is 0 Å². The molecule has 0 unspecified atom stereocenters. The minimum Gasteiger partial charge on any atom is -0.486 e. The average molecular weight is 288 g/mol. The first-order valence-corrected chi connectivity index (χ1v) is 6.51. The number of rotatable bonds is 4. The number of aromatic amines is 1. The van der Waals surface area contributed by atoms with Gasteiger partial charge in [-0.3, -0.25) is 15.4 Å². The second kappa shape index (κ2) is 5.66. The van der Waals surface area contributed by atoms with Crippen LogP contribution in [0.15, 0.2) is 42.6 Å². The minimum atomic E-state index is -0.438. The summed E-state index contributed by atoms with van der Waals surface area (Å²) >= 11 is 0. The molecule has 1 aromatic heterocycles. The number of nitrogens with zero attached hydrogens (tertiary/aromatic N) is 1. The maximum absolute atomic E-state index is 10.9. The summed E-state index contributed by atoms with van der Waals surface area (Å²) in [6.07, 6.45) is 1.41. The quantitative estimate of drug-likeness (QED) is 0.683. The van der Waals surface area contributed by atoms with E-state index in [0.29, 0.717) is 30.5 Å². The van der Waals surface area contributed by atoms with E-state index in [4.69, 9.17) is 9.47 Å². The van der Waals surface area contributed by atoms with Crippen molar-refractivity contribution in [2.45, 2.75) is 6.10 Å². The fourth-order valence-corrected chi connectivity index (χ4v) is 2.10. The van der Waals surface area contributed by atoms with E-state index >= 15 is 0 Å². The Bertz CT molecular complexity index is 662. The lowest BCUT2D eigenvalue weighted by molar-refractivity contribution is -0.409. The molecule has 21 heavy (non-hydrogen) atoms. The van der Waals surface area contributed by atoms with Crippen molar-refractivity contribution >= 4 is 11.5 Å². The number of ether oxygens (including phenoxy) is 2. The number of para-hydroxylation sites is 2. The lowest BCUT2D eigenvalue weighted by atomic mass is 10.2. The molecular weight excluding hydrogens is 274 g/mol. The third kappa shape index (κ3) is 2.86. The van der Waals surface area contributed by atoms with Crippen LogP contribution in [0, 0.1) is 10.1 Å². The molecule has 1 aromatic carbocycles. The molecule has 1 aliphatic rings. The van der Waals surface area contributed by atoms with Gasteiger partial charge in [-0.2, -0.15) is 0 Å². The van der Waals surface area contributed by atoms with Gasteiger partial charge in [-0.1, -0.05) is 12.1 Å². The van der Waals surface area contributed by atoms with Gasteiger partial charge in [0, 0.05) is 6.07 Å². The molecule has 0 amide bonds. The van der Waals surface area contributed by atoms with Gasteiger partial charge >= 0.3 is 11.5 Å². The Morgan fingerprint density at radius 1 is 1.29 bits per heavy atom. The van der Waals surface area contributed by atoms with Gasteiger partial charge in [-0.25, -0.2) is 4.98 Å². The van der Waals surface area contributed by atoms with Crippen molar-refractivity contribution in [3.63, 3.8) is 0 Å². The van der Waals surface area contributed by atoms with Crippen LogP contribution in [-0.4, -0.2) is 24.2 Å². The molecule has 7 heteroatoms. The van der Waals surface area contributed by atoms with E-state index in [0.717, 1.165) is 0 Å². The van der Waals surface area contributed by atoms with Gasteiger partial charge in [0.05, 0.1) is 11.1 Å². The summed E-state index contributed by atoms with van der Waals surface area (Å²) in [6, 6.07) is 10.4. The summed E-state index contributed by atoms with van der Waals surface area (Å²) in [5.41, 5.74) is -0.00497. The molecule has 2 heterocycles. The fraction of sp³-hybridized carbons (Fsp3) is 0.214. The predicted molar refractivity (Wildman–Crippen MR) is 74.5 cm³/mol. The molecule has 0 radical (unpaired) electrons. The second-order valence-corrected chi connectivity index (χ2v) is 4.57. The van der Waals surface area contributed by atoms with Crippen molar-refractivity contribution in [3.05, 3.63) is 52.7 Å². The fourth-order valence-electron chi connectivity index (χ4n) is 2.10. The molecule has 7 nitrogen and oxygen atoms in total. The van der Waals surface area contributed by atoms with Crippen molar-refractivity contribution in [1.82, 2.24) is 0 Å². The van der Waals surface area contributed by atoms with Crippen LogP contribution in [0.3, 0.4) is 0 Å². The Kier molecular flexibility index (Phi) is 3.55. The molecule has 1 aliphatic heterocycles. The Labute approximate surface area is 120 Å². The van der Waals surface area contributed by atoms with E-state index < -0.39 is 4.92 Å². The highest BCUT2D eigenvalue weighted by molar-refractivity contribution is 5.51. The van der Waals surface area contributed by atoms with Gasteiger partial charge in [0.1, 0.15) is 13.2 Å². The van der Waals surface area contributed by atoms with Crippen molar-refractivity contribution in [3.8, 4) is 11.5 Å². The highest BCUT2D eigenvalue weighted by Gasteiger charge is 2.25. The number of hydrogen-bond acceptors (Lipinski definition) is 5. The summed E-state index contributed by atoms with van der Waals surface area (Å²) < 4.78 is 11.4. The smallest absolute Gasteiger partial charge is 0.357 e. The van der Waals surface area contributed by atoms with E-state index in [9.17, 15) is 10.1 Å². The molecule has 2 N–H and O–H groups in total. The topological polar surface area (TPSA) is 87.8 Å². The van der Waals surface area contributed by atoms with Crippen LogP contribution in [0.2, 0.25) is 0 Å². The first kappa shape index (κ1) is 13.2. The van der Waals surface area contributed by atoms with Gasteiger partial charge in [0.2, 0.25) is 0 Å². The lowest BCUT2D eigenvalue weighted by Crippen LogP contribution is -2.36. The van der Waals surface area contributed by atoms with Gasteiger partial charge in [-0.15, -0.1) is 0 Å². The summed E-state index contributed by atoms with van der Waals surface area (Å²) in [6.45, 7) is 0.792. The van der Waals surface area contributed by atoms with E-state index in [1.54, 1.807) is 12.3 Å². The van der Waals surface area contributed by atoms with E-state index in [1.165, 1.54) is 6.07 Å². The SMILES string of the molecule is O=[N+]([O-])c1ccc[nH+]c1NC[C@@H]1COc2ccccc2O1. The molecular formula is C14H14N3O4+. The third-order valence-electron chi connectivity index (χ3n) is 3.10. The summed E-state index contributed by atoms with van der Waals surface area (Å²) in [5, 5.41) is 13.9. The Balaban J connectivity index is 1.66. The number of H-pyrrole nitrogens is 1. The summed E-state index contributed by atoms with van der Waals surface area (Å²) in [7, 11) is 0. The monoisotopic (exact) mass is 288 g/mol. The first-order chi connectivity index (χ1) is 10.2. The number of fused-ring (bicyclic) bond motifs is 1. The Morgan fingerprint density at radius 3 is 2.90 bits per heavy atom. The van der Waals surface area contributed by atoms with Gasteiger partial charge in [0.25, 0.3) is 0 Å². The number of benzene rings is 1. The molecule has 0 bridgehead atoms. The molecule has 2 aromatic rings. The van der Waals surface area contributed by atoms with Gasteiger partial charge < -0.3 is 9.47 Å². The zero-order chi connectivity index (χ0) is 14.7. The third-order valence-corrected chi connectivity index (χ3v) is 3.10. The second-order valence-electron chi connectivity index (χ2n) is 4.57. The number of hydrogen-bond donors (Lipinski definition) is 1. The number of nitro groups is 1. The zero-order valence-electron chi connectivity index (χ0n) is 11.1. The predicted octanol–water partition coefficient (Wildman–Crippen LogP) is 1.66. The molecule has 0 spiro atoms. The minimum absolute atomic E-state index is 0.00497. The molecule has 0 fully saturated rings. The van der Waals surface area contributed by atoms with E-state index in [1.807, 2.05) is 24.3 Å². The maximum atomic E-state index is 10.9. The molecule has 1 atom stereocenters. The lowest BCUT2D eigenvalue weighted by Gasteiger charge is -2.25. The van der Waals surface area contributed by atoms with Crippen LogP contribution >= 0.6 is 0 Å². The van der Waals surface area contributed by atoms with E-state index in [2.05, 4.69) is 10.3 Å². The molecule has 0 aliphatic carbocycles. The van der Waals surface area contributed by atoms with Crippen molar-refractivity contribution in [2.24, 2.45) is 0 Å². The van der Waals surface area contributed by atoms with Crippen LogP contribution in [0.4, 0.5) is 11.5 Å². The number of nitrogens with one attached hydrogen (secondary N) is 2. The first-order valence-electron chi connectivity index (χ1n) is 6.51. The molecule has 108 valence electrons. The van der Waals surface area contributed by atoms with Crippen LogP contribution < -0.4 is 19.8 Å². The summed E-state index contributed by atoms with van der Waals surface area (Å²) in [4.78, 5) is 13.3. The number of anilines is 1. The normalized spacial score (nSPS) is 16.3. The van der Waals surface area contributed by atoms with Crippen LogP contribution in [0.5, 0.6) is 11.5 Å². The molecule has 0 saturated carbocycles. The number of aromatic nitrogens is 1. The van der Waals surface area contributed by atoms with E-state index in [-0.39, 0.29) is 11.8 Å². The zero-order valence-corrected chi connectivity index (χ0v) is 11.1. The standard InChI is InChI=1S/C14H13N3O4/c18-17(19)11-4-3-7-15-14(11)16-8-10-9-20-12-5-1-2-6-13(12)21-10/h1-7,10H,8-9H2,(H,15,16)/p+1/t10-/m1/s1. The highest BCUT2D eigenvalue weighted by Crippen LogP contribution is 2.31. The largest absolute Gasteiger partial charge is 0.486 e. The Hall–Kier alpha value is -2.83. The molecule has 3 rings (SSSR count). The van der Waals surface area contributed by atoms with Crippen LogP contribution in [0.25, 0.3) is 0 Å². The average Bonchev–Trinajstić information content (AvgIpc) is 2.53. The van der Waals surface area contributed by atoms with Crippen molar-refractivity contribution < 1.29 is 19.4 Å². The maximum Gasteiger partial charge on any atom is 0.357 e. The number of pyridine rings is 1. The highest BCUT2D eigenvalue weighted by atomic mass is 16.6. The van der Waals surface area contributed by atoms with Crippen LogP contribution in [-0.2, 0) is 0 Å². The summed E-state index contributed by atoms with van der Waals surface area (Å²) in [5.74, 6) is 1.75. The van der Waals surface area contributed by atoms with Crippen molar-refractivity contribution in [2.75, 3.05) is 18.5 Å². The Morgan fingerprint density at radius 2 is 2.10 bits per heavy atom. The van der Waals surface area contributed by atoms with Crippen LogP contribution in [0.1, 0.15) is 0 Å². The molecule has 0 saturated heterocycles.